The predicted molar refractivity (Wildman–Crippen MR) is 292 cm³/mol. The molecule has 0 fully saturated rings. The van der Waals surface area contributed by atoms with Crippen LogP contribution in [0.15, 0.2) is 130 Å². The van der Waals surface area contributed by atoms with Crippen LogP contribution in [-0.2, 0) is 10.8 Å². The van der Waals surface area contributed by atoms with Gasteiger partial charge < -0.3 is 31.2 Å². The molecular weight excluding hydrogens is 923 g/mol. The lowest BCUT2D eigenvalue weighted by Gasteiger charge is -2.36. The van der Waals surface area contributed by atoms with Crippen molar-refractivity contribution in [3.8, 4) is 39.9 Å². The first kappa shape index (κ1) is 49.5. The summed E-state index contributed by atoms with van der Waals surface area (Å²) in [6.45, 7) is 28.6. The number of nitrogens with zero attached hydrogens (tertiary/aromatic N) is 2. The maximum absolute atomic E-state index is 7.55. The number of hydrogen-bond donors (Lipinski definition) is 0. The molecule has 0 N–H and O–H groups in total. The Hall–Kier alpha value is -6.53. The van der Waals surface area contributed by atoms with Gasteiger partial charge in [-0.15, -0.1) is 0 Å². The zero-order valence-corrected chi connectivity index (χ0v) is 45.1. The lowest BCUT2D eigenvalue weighted by Crippen LogP contribution is -2.26. The highest BCUT2D eigenvalue weighted by Gasteiger charge is 2.39. The molecule has 9 rings (SSSR count). The summed E-state index contributed by atoms with van der Waals surface area (Å²) in [7, 11) is -2.60. The quantitative estimate of drug-likeness (QED) is 0.0987. The average molecular weight is 987 g/mol. The second-order valence-corrected chi connectivity index (χ2v) is 22.5. The van der Waals surface area contributed by atoms with Gasteiger partial charge in [-0.05, 0) is 147 Å². The summed E-state index contributed by atoms with van der Waals surface area (Å²) in [6.07, 6.45) is 3.57. The molecule has 0 amide bonds. The number of benzene rings is 6. The van der Waals surface area contributed by atoms with E-state index < -0.39 is 27.7 Å². The molecule has 11 heteroatoms. The van der Waals surface area contributed by atoms with Gasteiger partial charge >= 0.3 is 16.8 Å². The molecule has 9 aromatic rings. The molecule has 0 saturated carbocycles. The maximum atomic E-state index is 7.55. The molecule has 6 aromatic carbocycles. The van der Waals surface area contributed by atoms with Crippen molar-refractivity contribution in [2.24, 2.45) is 11.8 Å². The molecule has 0 unspecified atom stereocenters. The largest absolute Gasteiger partial charge is 0.530 e. The van der Waals surface area contributed by atoms with E-state index in [0.717, 1.165) is 82.6 Å². The zero-order chi connectivity index (χ0) is 50.5. The van der Waals surface area contributed by atoms with E-state index in [9.17, 15) is 0 Å². The summed E-state index contributed by atoms with van der Waals surface area (Å²) in [5.74, 6) is 3.47. The van der Waals surface area contributed by atoms with Crippen LogP contribution in [0.2, 0.25) is 0 Å². The first-order valence-electron chi connectivity index (χ1n) is 24.3. The second kappa shape index (κ2) is 19.6. The summed E-state index contributed by atoms with van der Waals surface area (Å²) in [5.41, 5.74) is 11.0. The Morgan fingerprint density at radius 2 is 1.04 bits per heavy atom. The SMILES string of the molecule is COc1cc(C(C)(C)C(C)C)c(OP(Oc2ccc3ncccc3c2)Oc2ccc3ncccc3c2)c(-c2c(C)c(C)cc(C(C)(C)C(C)C)c2Op2oc3ccc(C)cc3c3cc(C)ccc3o2)c1C. The third-order valence-corrected chi connectivity index (χ3v) is 16.9. The normalized spacial score (nSPS) is 12.2. The van der Waals surface area contributed by atoms with Crippen LogP contribution in [0.4, 0.5) is 0 Å². The van der Waals surface area contributed by atoms with E-state index in [-0.39, 0.29) is 11.8 Å². The molecule has 0 saturated heterocycles. The number of hydrogen-bond acceptors (Lipinski definition) is 9. The Kier molecular flexibility index (Phi) is 13.6. The Balaban J connectivity index is 1.34. The minimum atomic E-state index is -2.23. The van der Waals surface area contributed by atoms with E-state index in [1.807, 2.05) is 72.8 Å². The van der Waals surface area contributed by atoms with Gasteiger partial charge in [-0.1, -0.05) is 96.8 Å². The van der Waals surface area contributed by atoms with E-state index >= 15 is 0 Å². The molecule has 3 heterocycles. The van der Waals surface area contributed by atoms with Crippen LogP contribution in [0.1, 0.15) is 94.3 Å². The van der Waals surface area contributed by atoms with Crippen LogP contribution in [0.3, 0.4) is 0 Å². The highest BCUT2D eigenvalue weighted by atomic mass is 31.2. The molecule has 0 aliphatic heterocycles. The first-order chi connectivity index (χ1) is 33.8. The summed E-state index contributed by atoms with van der Waals surface area (Å²) < 4.78 is 49.1. The molecule has 9 nitrogen and oxygen atoms in total. The van der Waals surface area contributed by atoms with Crippen molar-refractivity contribution in [1.82, 2.24) is 9.97 Å². The Bertz CT molecular complexity index is 3380. The number of methoxy groups -OCH3 is 1. The van der Waals surface area contributed by atoms with E-state index in [2.05, 4.69) is 136 Å². The maximum Gasteiger partial charge on any atom is 0.530 e. The van der Waals surface area contributed by atoms with Crippen LogP contribution in [0.25, 0.3) is 54.9 Å². The van der Waals surface area contributed by atoms with Gasteiger partial charge in [0.05, 0.1) is 18.1 Å². The summed E-state index contributed by atoms with van der Waals surface area (Å²) >= 11 is 0. The molecule has 0 spiro atoms. The molecule has 0 aliphatic carbocycles. The van der Waals surface area contributed by atoms with Gasteiger partial charge in [-0.25, -0.2) is 0 Å². The van der Waals surface area contributed by atoms with E-state index in [4.69, 9.17) is 31.2 Å². The molecule has 3 aromatic heterocycles. The first-order valence-corrected chi connectivity index (χ1v) is 26.5. The lowest BCUT2D eigenvalue weighted by atomic mass is 9.71. The number of aromatic nitrogens is 2. The van der Waals surface area contributed by atoms with Gasteiger partial charge in [0.2, 0.25) is 0 Å². The third kappa shape index (κ3) is 9.67. The summed E-state index contributed by atoms with van der Waals surface area (Å²) in [5, 5.41) is 3.77. The van der Waals surface area contributed by atoms with Crippen molar-refractivity contribution in [2.75, 3.05) is 7.11 Å². The van der Waals surface area contributed by atoms with Gasteiger partial charge in [0.1, 0.15) is 39.9 Å². The van der Waals surface area contributed by atoms with Crippen molar-refractivity contribution in [3.05, 3.63) is 161 Å². The van der Waals surface area contributed by atoms with E-state index in [1.54, 1.807) is 19.5 Å². The van der Waals surface area contributed by atoms with Crippen molar-refractivity contribution >= 4 is 60.6 Å². The molecule has 0 bridgehead atoms. The zero-order valence-electron chi connectivity index (χ0n) is 43.3. The van der Waals surface area contributed by atoms with E-state index in [0.29, 0.717) is 39.9 Å². The monoisotopic (exact) mass is 986 g/mol. The van der Waals surface area contributed by atoms with Crippen LogP contribution in [0.5, 0.6) is 28.7 Å². The standard InChI is InChI=1S/C60H64N2O7P2/c1-35(2)59(10,11)48-31-39(7)40(8)55(57(48)69-71-66-52-25-19-37(5)29-46(52)47-30-38(6)20-26-53(47)67-71)56-41(9)54(63-14)34-49(60(12,13)36(3)4)58(56)68-70(64-44-21-23-50-42(32-44)17-15-27-61-50)65-45-22-24-51-43(33-45)18-16-28-62-51/h15-36H,1-14H3. The minimum Gasteiger partial charge on any atom is -0.496 e. The predicted octanol–water partition coefficient (Wildman–Crippen LogP) is 18.1. The van der Waals surface area contributed by atoms with E-state index in [1.165, 1.54) is 0 Å². The highest BCUT2D eigenvalue weighted by molar-refractivity contribution is 7.43. The summed E-state index contributed by atoms with van der Waals surface area (Å²) in [4.78, 5) is 9.14. The fourth-order valence-electron chi connectivity index (χ4n) is 8.89. The minimum absolute atomic E-state index is 0.160. The number of ether oxygens (including phenoxy) is 1. The Morgan fingerprint density at radius 1 is 0.549 bits per heavy atom. The topological polar surface area (TPSA) is 98.2 Å². The molecule has 0 aliphatic rings. The van der Waals surface area contributed by atoms with Gasteiger partial charge in [0, 0.05) is 61.8 Å². The lowest BCUT2D eigenvalue weighted by molar-refractivity contribution is 0.344. The molecule has 0 radical (unpaired) electrons. The van der Waals surface area contributed by atoms with Gasteiger partial charge in [0.15, 0.2) is 0 Å². The van der Waals surface area contributed by atoms with Gasteiger partial charge in [0.25, 0.3) is 0 Å². The average Bonchev–Trinajstić information content (AvgIpc) is 3.48. The fourth-order valence-corrected chi connectivity index (χ4v) is 11.0. The van der Waals surface area contributed by atoms with Crippen molar-refractivity contribution in [1.29, 1.82) is 0 Å². The van der Waals surface area contributed by atoms with Gasteiger partial charge in [-0.2, -0.15) is 0 Å². The Labute approximate surface area is 420 Å². The molecule has 366 valence electrons. The van der Waals surface area contributed by atoms with Crippen molar-refractivity contribution in [3.63, 3.8) is 0 Å². The number of fused-ring (bicyclic) bond motifs is 5. The van der Waals surface area contributed by atoms with Crippen LogP contribution in [0, 0.1) is 46.5 Å². The molecular formula is C60H64N2O7P2. The number of pyridine rings is 2. The van der Waals surface area contributed by atoms with Crippen LogP contribution in [-0.4, -0.2) is 17.1 Å². The highest BCUT2D eigenvalue weighted by Crippen LogP contribution is 2.58. The Morgan fingerprint density at radius 3 is 1.54 bits per heavy atom. The molecule has 71 heavy (non-hydrogen) atoms. The van der Waals surface area contributed by atoms with Crippen LogP contribution >= 0.6 is 16.8 Å². The second-order valence-electron chi connectivity index (χ2n) is 20.5. The summed E-state index contributed by atoms with van der Waals surface area (Å²) in [6, 6.07) is 36.4. The number of rotatable bonds is 14. The molecule has 0 atom stereocenters. The number of aryl methyl sites for hydroxylation is 3. The van der Waals surface area contributed by atoms with Crippen molar-refractivity contribution in [2.45, 2.75) is 101 Å². The smallest absolute Gasteiger partial charge is 0.496 e. The van der Waals surface area contributed by atoms with Crippen molar-refractivity contribution < 1.29 is 31.2 Å². The fraction of sp³-hybridized carbons (Fsp3) is 0.300. The third-order valence-electron chi connectivity index (χ3n) is 14.8. The van der Waals surface area contributed by atoms with Crippen LogP contribution < -0.4 is 22.8 Å². The van der Waals surface area contributed by atoms with Gasteiger partial charge in [-0.3, -0.25) is 9.97 Å².